The summed E-state index contributed by atoms with van der Waals surface area (Å²) in [6, 6.07) is 8.53. The summed E-state index contributed by atoms with van der Waals surface area (Å²) >= 11 is 6.51. The molecule has 6 nitrogen and oxygen atoms in total. The molecule has 0 radical (unpaired) electrons. The Balaban J connectivity index is 2.09. The number of sulfonamides is 1. The predicted octanol–water partition coefficient (Wildman–Crippen LogP) is 1.73. The number of hydrazine groups is 1. The molecule has 106 valence electrons. The molecule has 20 heavy (non-hydrogen) atoms. The fourth-order valence-electron chi connectivity index (χ4n) is 1.34. The lowest BCUT2D eigenvalue weighted by Crippen LogP contribution is -2.41. The number of phenolic OH excluding ortho intramolecular Hbond substituents is 1. The van der Waals surface area contributed by atoms with Crippen molar-refractivity contribution >= 4 is 38.9 Å². The van der Waals surface area contributed by atoms with Gasteiger partial charge in [0.1, 0.15) is 9.96 Å². The number of aromatic hydroxyl groups is 1. The zero-order valence-corrected chi connectivity index (χ0v) is 12.2. The first kappa shape index (κ1) is 14.8. The largest absolute Gasteiger partial charge is 0.507 e. The van der Waals surface area contributed by atoms with E-state index >= 15 is 0 Å². The molecule has 9 heteroatoms. The van der Waals surface area contributed by atoms with Crippen molar-refractivity contribution in [2.75, 3.05) is 0 Å². The van der Waals surface area contributed by atoms with Crippen LogP contribution >= 0.6 is 22.9 Å². The first-order valence-corrected chi connectivity index (χ1v) is 7.93. The Bertz CT molecular complexity index is 742. The van der Waals surface area contributed by atoms with Gasteiger partial charge in [0.15, 0.2) is 0 Å². The van der Waals surface area contributed by atoms with Crippen LogP contribution in [0.5, 0.6) is 5.75 Å². The molecule has 0 atom stereocenters. The molecular formula is C11H9ClN2O4S2. The first-order chi connectivity index (χ1) is 9.40. The number of carbonyl (C=O) groups is 1. The maximum absolute atomic E-state index is 11.8. The van der Waals surface area contributed by atoms with Crippen molar-refractivity contribution in [3.63, 3.8) is 0 Å². The van der Waals surface area contributed by atoms with E-state index in [1.165, 1.54) is 24.3 Å². The molecule has 2 aromatic rings. The zero-order valence-electron chi connectivity index (χ0n) is 9.83. The molecule has 3 N–H and O–H groups in total. The third-order valence-corrected chi connectivity index (χ3v) is 5.23. The number of hydrogen-bond donors (Lipinski definition) is 3. The highest BCUT2D eigenvalue weighted by Gasteiger charge is 2.18. The van der Waals surface area contributed by atoms with Gasteiger partial charge in [-0.2, -0.15) is 0 Å². The van der Waals surface area contributed by atoms with Crippen LogP contribution in [0.1, 0.15) is 10.4 Å². The summed E-state index contributed by atoms with van der Waals surface area (Å²) in [7, 11) is -3.88. The number of carbonyl (C=O) groups excluding carboxylic acids is 1. The monoisotopic (exact) mass is 332 g/mol. The minimum atomic E-state index is -3.88. The predicted molar refractivity (Wildman–Crippen MR) is 75.2 cm³/mol. The van der Waals surface area contributed by atoms with Crippen molar-refractivity contribution in [1.82, 2.24) is 10.3 Å². The molecule has 0 aliphatic heterocycles. The summed E-state index contributed by atoms with van der Waals surface area (Å²) < 4.78 is 23.9. The summed E-state index contributed by atoms with van der Waals surface area (Å²) in [5.41, 5.74) is 1.97. The minimum absolute atomic E-state index is 0.0277. The molecule has 0 bridgehead atoms. The second-order valence-electron chi connectivity index (χ2n) is 3.64. The SMILES string of the molecule is O=C(NNS(=O)(=O)c1ccc(Cl)s1)c1ccccc1O. The quantitative estimate of drug-likeness (QED) is 0.743. The average Bonchev–Trinajstić information content (AvgIpc) is 2.84. The van der Waals surface area contributed by atoms with Crippen LogP contribution in [0.15, 0.2) is 40.6 Å². The van der Waals surface area contributed by atoms with E-state index in [1.807, 2.05) is 10.3 Å². The highest BCUT2D eigenvalue weighted by Crippen LogP contribution is 2.25. The Morgan fingerprint density at radius 3 is 2.50 bits per heavy atom. The van der Waals surface area contributed by atoms with Gasteiger partial charge in [0.25, 0.3) is 15.9 Å². The van der Waals surface area contributed by atoms with Gasteiger partial charge in [-0.25, -0.2) is 8.42 Å². The standard InChI is InChI=1S/C11H9ClN2O4S2/c12-9-5-6-10(19-9)20(17,18)14-13-11(16)7-3-1-2-4-8(7)15/h1-6,14-15H,(H,13,16). The van der Waals surface area contributed by atoms with Crippen LogP contribution in [0, 0.1) is 0 Å². The minimum Gasteiger partial charge on any atom is -0.507 e. The number of benzene rings is 1. The van der Waals surface area contributed by atoms with Crippen LogP contribution in [0.25, 0.3) is 0 Å². The van der Waals surface area contributed by atoms with Crippen molar-refractivity contribution in [2.45, 2.75) is 4.21 Å². The number of hydrogen-bond acceptors (Lipinski definition) is 5. The van der Waals surface area contributed by atoms with Crippen molar-refractivity contribution in [1.29, 1.82) is 0 Å². The molecule has 0 unspecified atom stereocenters. The van der Waals surface area contributed by atoms with Gasteiger partial charge in [-0.05, 0) is 24.3 Å². The highest BCUT2D eigenvalue weighted by atomic mass is 35.5. The summed E-state index contributed by atoms with van der Waals surface area (Å²) in [6.07, 6.45) is 0. The van der Waals surface area contributed by atoms with Crippen molar-refractivity contribution in [3.8, 4) is 5.75 Å². The number of halogens is 1. The molecule has 2 rings (SSSR count). The van der Waals surface area contributed by atoms with Crippen LogP contribution < -0.4 is 10.3 Å². The molecule has 1 aromatic heterocycles. The number of nitrogens with one attached hydrogen (secondary N) is 2. The van der Waals surface area contributed by atoms with Gasteiger partial charge in [0, 0.05) is 0 Å². The van der Waals surface area contributed by atoms with E-state index in [-0.39, 0.29) is 15.5 Å². The summed E-state index contributed by atoms with van der Waals surface area (Å²) in [5, 5.41) is 9.48. The van der Waals surface area contributed by atoms with Crippen molar-refractivity contribution < 1.29 is 18.3 Å². The van der Waals surface area contributed by atoms with E-state index in [2.05, 4.69) is 0 Å². The molecule has 0 saturated carbocycles. The van der Waals surface area contributed by atoms with E-state index < -0.39 is 15.9 Å². The van der Waals surface area contributed by atoms with Crippen LogP contribution in [-0.4, -0.2) is 19.4 Å². The maximum atomic E-state index is 11.8. The van der Waals surface area contributed by atoms with Crippen LogP contribution in [0.2, 0.25) is 4.34 Å². The van der Waals surface area contributed by atoms with Gasteiger partial charge in [0.05, 0.1) is 9.90 Å². The van der Waals surface area contributed by atoms with Crippen molar-refractivity contribution in [2.24, 2.45) is 0 Å². The lowest BCUT2D eigenvalue weighted by atomic mass is 10.2. The molecular weight excluding hydrogens is 324 g/mol. The van der Waals surface area contributed by atoms with E-state index in [4.69, 9.17) is 11.6 Å². The normalized spacial score (nSPS) is 11.2. The van der Waals surface area contributed by atoms with Gasteiger partial charge >= 0.3 is 0 Å². The zero-order chi connectivity index (χ0) is 14.8. The van der Waals surface area contributed by atoms with Crippen LogP contribution in [0.4, 0.5) is 0 Å². The first-order valence-electron chi connectivity index (χ1n) is 5.25. The molecule has 0 aliphatic rings. The van der Waals surface area contributed by atoms with Gasteiger partial charge < -0.3 is 5.11 Å². The van der Waals surface area contributed by atoms with E-state index in [9.17, 15) is 18.3 Å². The Morgan fingerprint density at radius 1 is 1.20 bits per heavy atom. The van der Waals surface area contributed by atoms with Gasteiger partial charge in [-0.15, -0.1) is 16.2 Å². The Kier molecular flexibility index (Phi) is 4.29. The molecule has 1 heterocycles. The Labute approximate surface area is 124 Å². The molecule has 0 spiro atoms. The summed E-state index contributed by atoms with van der Waals surface area (Å²) in [6.45, 7) is 0. The number of amides is 1. The average molecular weight is 333 g/mol. The van der Waals surface area contributed by atoms with Gasteiger partial charge in [0.2, 0.25) is 0 Å². The third kappa shape index (κ3) is 3.28. The summed E-state index contributed by atoms with van der Waals surface area (Å²) in [4.78, 5) is 13.7. The number of rotatable bonds is 4. The highest BCUT2D eigenvalue weighted by molar-refractivity contribution is 7.91. The maximum Gasteiger partial charge on any atom is 0.269 e. The Hall–Kier alpha value is -1.61. The number of phenols is 1. The fourth-order valence-corrected chi connectivity index (χ4v) is 3.66. The van der Waals surface area contributed by atoms with E-state index in [0.29, 0.717) is 4.34 Å². The van der Waals surface area contributed by atoms with E-state index in [0.717, 1.165) is 11.3 Å². The molecule has 0 fully saturated rings. The lowest BCUT2D eigenvalue weighted by molar-refractivity contribution is 0.0942. The van der Waals surface area contributed by atoms with E-state index in [1.54, 1.807) is 12.1 Å². The van der Waals surface area contributed by atoms with Gasteiger partial charge in [-0.3, -0.25) is 10.2 Å². The topological polar surface area (TPSA) is 95.5 Å². The fraction of sp³-hybridized carbons (Fsp3) is 0. The molecule has 0 aliphatic carbocycles. The smallest absolute Gasteiger partial charge is 0.269 e. The second-order valence-corrected chi connectivity index (χ2v) is 7.26. The summed E-state index contributed by atoms with van der Waals surface area (Å²) in [5.74, 6) is -1.02. The number of para-hydroxylation sites is 1. The molecule has 0 saturated heterocycles. The third-order valence-electron chi connectivity index (χ3n) is 2.26. The molecule has 1 aromatic carbocycles. The second kappa shape index (κ2) is 5.80. The van der Waals surface area contributed by atoms with Crippen LogP contribution in [-0.2, 0) is 10.0 Å². The molecule has 1 amide bonds. The van der Waals surface area contributed by atoms with Crippen LogP contribution in [0.3, 0.4) is 0 Å². The Morgan fingerprint density at radius 2 is 1.90 bits per heavy atom. The lowest BCUT2D eigenvalue weighted by Gasteiger charge is -2.07. The van der Waals surface area contributed by atoms with Gasteiger partial charge in [-0.1, -0.05) is 23.7 Å². The van der Waals surface area contributed by atoms with Crippen molar-refractivity contribution in [3.05, 3.63) is 46.3 Å². The number of thiophene rings is 1.